The maximum atomic E-state index is 12.8. The number of carbonyl (C=O) groups excluding carboxylic acids is 1. The summed E-state index contributed by atoms with van der Waals surface area (Å²) in [6.45, 7) is 3.10. The molecule has 1 saturated heterocycles. The quantitative estimate of drug-likeness (QED) is 0.845. The van der Waals surface area contributed by atoms with E-state index >= 15 is 0 Å². The third-order valence-electron chi connectivity index (χ3n) is 5.73. The van der Waals surface area contributed by atoms with Crippen molar-refractivity contribution in [1.82, 2.24) is 14.4 Å². The highest BCUT2D eigenvalue weighted by atomic mass is 16.2. The van der Waals surface area contributed by atoms with Crippen LogP contribution in [0.5, 0.6) is 0 Å². The van der Waals surface area contributed by atoms with Gasteiger partial charge in [0.05, 0.1) is 12.6 Å². The van der Waals surface area contributed by atoms with Crippen molar-refractivity contribution in [2.75, 3.05) is 26.2 Å². The van der Waals surface area contributed by atoms with Crippen LogP contribution in [0.4, 0.5) is 0 Å². The summed E-state index contributed by atoms with van der Waals surface area (Å²) >= 11 is 0. The highest BCUT2D eigenvalue weighted by molar-refractivity contribution is 5.80. The first kappa shape index (κ1) is 17.1. The number of likely N-dealkylation sites (tertiary alicyclic amines) is 1. The van der Waals surface area contributed by atoms with Gasteiger partial charge in [0.25, 0.3) is 0 Å². The molecule has 1 aromatic heterocycles. The van der Waals surface area contributed by atoms with Crippen LogP contribution in [-0.2, 0) is 11.8 Å². The van der Waals surface area contributed by atoms with Crippen LogP contribution >= 0.6 is 0 Å². The summed E-state index contributed by atoms with van der Waals surface area (Å²) < 4.78 is 2.18. The minimum absolute atomic E-state index is 0.259. The maximum Gasteiger partial charge on any atom is 0.237 e. The van der Waals surface area contributed by atoms with Gasteiger partial charge in [-0.1, -0.05) is 36.4 Å². The van der Waals surface area contributed by atoms with Crippen molar-refractivity contribution in [3.05, 3.63) is 66.0 Å². The molecule has 1 aromatic carbocycles. The molecule has 0 radical (unpaired) electrons. The van der Waals surface area contributed by atoms with Gasteiger partial charge in [-0.25, -0.2) is 0 Å². The molecule has 4 heteroatoms. The normalized spacial score (nSPS) is 21.0. The number of benzene rings is 1. The molecule has 136 valence electrons. The number of nitrogens with zero attached hydrogens (tertiary/aromatic N) is 3. The number of hydrogen-bond acceptors (Lipinski definition) is 2. The Bertz CT molecular complexity index is 793. The summed E-state index contributed by atoms with van der Waals surface area (Å²) in [5.74, 6) is 0.259. The van der Waals surface area contributed by atoms with Crippen LogP contribution in [0.25, 0.3) is 5.57 Å². The molecule has 0 bridgehead atoms. The van der Waals surface area contributed by atoms with Crippen molar-refractivity contribution >= 4 is 11.5 Å². The number of aromatic nitrogens is 1. The van der Waals surface area contributed by atoms with Gasteiger partial charge in [-0.15, -0.1) is 0 Å². The van der Waals surface area contributed by atoms with E-state index in [0.29, 0.717) is 12.6 Å². The van der Waals surface area contributed by atoms with E-state index in [1.54, 1.807) is 0 Å². The van der Waals surface area contributed by atoms with E-state index in [9.17, 15) is 4.79 Å². The molecule has 2 aliphatic heterocycles. The number of amides is 1. The Morgan fingerprint density at radius 1 is 1.12 bits per heavy atom. The van der Waals surface area contributed by atoms with Crippen molar-refractivity contribution in [3.63, 3.8) is 0 Å². The van der Waals surface area contributed by atoms with Crippen molar-refractivity contribution in [3.8, 4) is 0 Å². The predicted molar refractivity (Wildman–Crippen MR) is 105 cm³/mol. The van der Waals surface area contributed by atoms with Gasteiger partial charge in [0.15, 0.2) is 0 Å². The summed E-state index contributed by atoms with van der Waals surface area (Å²) in [4.78, 5) is 17.2. The Morgan fingerprint density at radius 3 is 2.65 bits per heavy atom. The molecule has 1 unspecified atom stereocenters. The van der Waals surface area contributed by atoms with Gasteiger partial charge < -0.3 is 9.47 Å². The molecule has 1 fully saturated rings. The van der Waals surface area contributed by atoms with Crippen LogP contribution in [0, 0.1) is 0 Å². The molecular weight excluding hydrogens is 322 g/mol. The third-order valence-corrected chi connectivity index (χ3v) is 5.73. The highest BCUT2D eigenvalue weighted by Crippen LogP contribution is 2.32. The van der Waals surface area contributed by atoms with E-state index in [0.717, 1.165) is 32.5 Å². The summed E-state index contributed by atoms with van der Waals surface area (Å²) in [6.07, 6.45) is 7.56. The van der Waals surface area contributed by atoms with Gasteiger partial charge in [0, 0.05) is 32.0 Å². The van der Waals surface area contributed by atoms with Crippen molar-refractivity contribution in [2.24, 2.45) is 7.05 Å². The fourth-order valence-electron chi connectivity index (χ4n) is 4.25. The monoisotopic (exact) mass is 349 g/mol. The molecular formula is C22H27N3O. The summed E-state index contributed by atoms with van der Waals surface area (Å²) in [7, 11) is 2.09. The molecule has 0 N–H and O–H groups in total. The molecule has 1 amide bonds. The van der Waals surface area contributed by atoms with Crippen LogP contribution in [0.1, 0.15) is 36.6 Å². The largest absolute Gasteiger partial charge is 0.353 e. The minimum Gasteiger partial charge on any atom is -0.353 e. The lowest BCUT2D eigenvalue weighted by Crippen LogP contribution is -2.42. The van der Waals surface area contributed by atoms with E-state index in [1.165, 1.54) is 23.3 Å². The van der Waals surface area contributed by atoms with E-state index in [1.807, 2.05) is 11.0 Å². The number of hydrogen-bond donors (Lipinski definition) is 0. The average Bonchev–Trinajstić information content (AvgIpc) is 3.31. The maximum absolute atomic E-state index is 12.8. The molecule has 0 spiro atoms. The van der Waals surface area contributed by atoms with Crippen LogP contribution < -0.4 is 0 Å². The Balaban J connectivity index is 1.38. The first-order valence-electron chi connectivity index (χ1n) is 9.60. The lowest BCUT2D eigenvalue weighted by Gasteiger charge is -2.30. The van der Waals surface area contributed by atoms with Gasteiger partial charge in [-0.05, 0) is 49.1 Å². The van der Waals surface area contributed by atoms with Crippen LogP contribution in [0.3, 0.4) is 0 Å². The molecule has 4 rings (SSSR count). The minimum atomic E-state index is 0.259. The van der Waals surface area contributed by atoms with Gasteiger partial charge in [0.1, 0.15) is 0 Å². The van der Waals surface area contributed by atoms with E-state index in [4.69, 9.17) is 0 Å². The highest BCUT2D eigenvalue weighted by Gasteiger charge is 2.30. The predicted octanol–water partition coefficient (Wildman–Crippen LogP) is 3.48. The SMILES string of the molecule is Cn1cccc1C1CCCN1CC(=O)N1CC=C(c2ccccc2)CC1. The molecule has 0 saturated carbocycles. The molecule has 0 aliphatic carbocycles. The molecule has 2 aliphatic rings. The summed E-state index contributed by atoms with van der Waals surface area (Å²) in [5, 5.41) is 0. The van der Waals surface area contributed by atoms with Crippen molar-refractivity contribution in [1.29, 1.82) is 0 Å². The van der Waals surface area contributed by atoms with Gasteiger partial charge in [-0.2, -0.15) is 0 Å². The summed E-state index contributed by atoms with van der Waals surface area (Å²) in [6, 6.07) is 15.1. The molecule has 4 nitrogen and oxygen atoms in total. The van der Waals surface area contributed by atoms with Gasteiger partial charge in [-0.3, -0.25) is 9.69 Å². The fraction of sp³-hybridized carbons (Fsp3) is 0.409. The van der Waals surface area contributed by atoms with E-state index < -0.39 is 0 Å². The second-order valence-corrected chi connectivity index (χ2v) is 7.36. The molecule has 1 atom stereocenters. The first-order valence-corrected chi connectivity index (χ1v) is 9.60. The van der Waals surface area contributed by atoms with Gasteiger partial charge in [0.2, 0.25) is 5.91 Å². The zero-order valence-corrected chi connectivity index (χ0v) is 15.5. The summed E-state index contributed by atoms with van der Waals surface area (Å²) in [5.41, 5.74) is 3.96. The Hall–Kier alpha value is -2.33. The lowest BCUT2D eigenvalue weighted by molar-refractivity contribution is -0.132. The standard InChI is InChI=1S/C22H27N3O/c1-23-13-5-9-20(23)21-10-6-14-25(21)17-22(26)24-15-11-19(12-16-24)18-7-3-2-4-8-18/h2-5,7-9,11,13,21H,6,10,12,14-17H2,1H3. The van der Waals surface area contributed by atoms with Crippen molar-refractivity contribution in [2.45, 2.75) is 25.3 Å². The first-order chi connectivity index (χ1) is 12.7. The Labute approximate surface area is 155 Å². The van der Waals surface area contributed by atoms with Crippen LogP contribution in [0.15, 0.2) is 54.7 Å². The second-order valence-electron chi connectivity index (χ2n) is 7.36. The second kappa shape index (κ2) is 7.50. The molecule has 26 heavy (non-hydrogen) atoms. The zero-order chi connectivity index (χ0) is 17.9. The fourth-order valence-corrected chi connectivity index (χ4v) is 4.25. The zero-order valence-electron chi connectivity index (χ0n) is 15.5. The van der Waals surface area contributed by atoms with Crippen LogP contribution in [0.2, 0.25) is 0 Å². The number of carbonyl (C=O) groups is 1. The smallest absolute Gasteiger partial charge is 0.237 e. The molecule has 3 heterocycles. The van der Waals surface area contributed by atoms with Crippen LogP contribution in [-0.4, -0.2) is 46.5 Å². The Morgan fingerprint density at radius 2 is 1.96 bits per heavy atom. The van der Waals surface area contributed by atoms with E-state index in [-0.39, 0.29) is 5.91 Å². The van der Waals surface area contributed by atoms with Crippen molar-refractivity contribution < 1.29 is 4.79 Å². The number of aryl methyl sites for hydroxylation is 1. The molecule has 2 aromatic rings. The third kappa shape index (κ3) is 3.47. The average molecular weight is 349 g/mol. The van der Waals surface area contributed by atoms with E-state index in [2.05, 4.69) is 65.2 Å². The topological polar surface area (TPSA) is 28.5 Å². The number of rotatable bonds is 4. The van der Waals surface area contributed by atoms with Gasteiger partial charge >= 0.3 is 0 Å². The Kier molecular flexibility index (Phi) is 4.93. The lowest BCUT2D eigenvalue weighted by atomic mass is 9.99.